The zero-order valence-corrected chi connectivity index (χ0v) is 9.69. The van der Waals surface area contributed by atoms with Crippen LogP contribution in [0.25, 0.3) is 0 Å². The van der Waals surface area contributed by atoms with Crippen LogP contribution >= 0.6 is 0 Å². The molecule has 0 aromatic carbocycles. The fourth-order valence-corrected chi connectivity index (χ4v) is 1.61. The highest BCUT2D eigenvalue weighted by atomic mass is 16.3. The normalized spacial score (nSPS) is 10.8. The van der Waals surface area contributed by atoms with Crippen molar-refractivity contribution in [2.24, 2.45) is 5.84 Å². The van der Waals surface area contributed by atoms with Crippen LogP contribution in [0.15, 0.2) is 18.3 Å². The maximum Gasteiger partial charge on any atom is 0.0564 e. The van der Waals surface area contributed by atoms with E-state index in [0.717, 1.165) is 30.9 Å². The molecule has 0 fully saturated rings. The molecule has 4 N–H and O–H groups in total. The highest BCUT2D eigenvalue weighted by molar-refractivity contribution is 5.41. The summed E-state index contributed by atoms with van der Waals surface area (Å²) >= 11 is 0. The highest BCUT2D eigenvalue weighted by Gasteiger charge is 2.05. The fourth-order valence-electron chi connectivity index (χ4n) is 1.61. The second-order valence-electron chi connectivity index (χ2n) is 3.68. The number of hydrogen-bond donors (Lipinski definition) is 3. The Morgan fingerprint density at radius 1 is 1.50 bits per heavy atom. The second-order valence-corrected chi connectivity index (χ2v) is 3.68. The summed E-state index contributed by atoms with van der Waals surface area (Å²) in [5.74, 6) is 5.34. The van der Waals surface area contributed by atoms with Crippen molar-refractivity contribution in [3.05, 3.63) is 24.0 Å². The Kier molecular flexibility index (Phi) is 5.77. The standard InChI is InChI=1S/C11H20N4O/c1-2-5-15(6-7-16)9-11-8-10(14-12)3-4-13-11/h3-4,8,16H,2,5-7,9,12H2,1H3,(H,13,14). The van der Waals surface area contributed by atoms with Gasteiger partial charge in [-0.1, -0.05) is 6.92 Å². The molecule has 1 aromatic rings. The molecule has 0 aliphatic carbocycles. The van der Waals surface area contributed by atoms with Gasteiger partial charge in [-0.15, -0.1) is 0 Å². The molecule has 1 rings (SSSR count). The zero-order valence-electron chi connectivity index (χ0n) is 9.69. The predicted octanol–water partition coefficient (Wildman–Crippen LogP) is 0.571. The second kappa shape index (κ2) is 7.16. The molecule has 0 bridgehead atoms. The van der Waals surface area contributed by atoms with Crippen molar-refractivity contribution < 1.29 is 5.11 Å². The third-order valence-corrected chi connectivity index (χ3v) is 2.32. The lowest BCUT2D eigenvalue weighted by molar-refractivity contribution is 0.189. The molecule has 16 heavy (non-hydrogen) atoms. The number of pyridine rings is 1. The van der Waals surface area contributed by atoms with E-state index >= 15 is 0 Å². The smallest absolute Gasteiger partial charge is 0.0564 e. The van der Waals surface area contributed by atoms with Gasteiger partial charge < -0.3 is 10.5 Å². The topological polar surface area (TPSA) is 74.4 Å². The Balaban J connectivity index is 2.60. The molecular weight excluding hydrogens is 204 g/mol. The van der Waals surface area contributed by atoms with Crippen molar-refractivity contribution in [1.29, 1.82) is 0 Å². The Morgan fingerprint density at radius 3 is 2.94 bits per heavy atom. The zero-order chi connectivity index (χ0) is 11.8. The van der Waals surface area contributed by atoms with Crippen LogP contribution in [0.1, 0.15) is 19.0 Å². The molecule has 0 unspecified atom stereocenters. The molecule has 0 radical (unpaired) electrons. The van der Waals surface area contributed by atoms with Gasteiger partial charge in [0.1, 0.15) is 0 Å². The lowest BCUT2D eigenvalue weighted by atomic mass is 10.3. The van der Waals surface area contributed by atoms with Crippen molar-refractivity contribution >= 4 is 5.69 Å². The van der Waals surface area contributed by atoms with Gasteiger partial charge in [0, 0.05) is 19.3 Å². The number of anilines is 1. The van der Waals surface area contributed by atoms with Gasteiger partial charge in [0.05, 0.1) is 18.0 Å². The first-order valence-corrected chi connectivity index (χ1v) is 5.55. The lowest BCUT2D eigenvalue weighted by Crippen LogP contribution is -2.27. The first kappa shape index (κ1) is 12.9. The van der Waals surface area contributed by atoms with Crippen LogP contribution in [0.3, 0.4) is 0 Å². The minimum absolute atomic E-state index is 0.175. The van der Waals surface area contributed by atoms with Crippen LogP contribution in [0.2, 0.25) is 0 Å². The molecule has 0 aliphatic heterocycles. The van der Waals surface area contributed by atoms with Crippen molar-refractivity contribution in [2.75, 3.05) is 25.1 Å². The lowest BCUT2D eigenvalue weighted by Gasteiger charge is -2.20. The SMILES string of the molecule is CCCN(CCO)Cc1cc(NN)ccn1. The van der Waals surface area contributed by atoms with Crippen LogP contribution in [0.5, 0.6) is 0 Å². The monoisotopic (exact) mass is 224 g/mol. The average molecular weight is 224 g/mol. The van der Waals surface area contributed by atoms with Gasteiger partial charge >= 0.3 is 0 Å². The van der Waals surface area contributed by atoms with Crippen LogP contribution in [0, 0.1) is 0 Å². The van der Waals surface area contributed by atoms with Gasteiger partial charge in [-0.05, 0) is 25.1 Å². The van der Waals surface area contributed by atoms with E-state index in [9.17, 15) is 0 Å². The van der Waals surface area contributed by atoms with Gasteiger partial charge in [-0.25, -0.2) is 0 Å². The van der Waals surface area contributed by atoms with E-state index in [2.05, 4.69) is 22.2 Å². The molecule has 0 atom stereocenters. The maximum absolute atomic E-state index is 8.95. The summed E-state index contributed by atoms with van der Waals surface area (Å²) in [7, 11) is 0. The van der Waals surface area contributed by atoms with Crippen molar-refractivity contribution in [3.63, 3.8) is 0 Å². The summed E-state index contributed by atoms with van der Waals surface area (Å²) in [6.45, 7) is 4.67. The van der Waals surface area contributed by atoms with E-state index in [4.69, 9.17) is 10.9 Å². The summed E-state index contributed by atoms with van der Waals surface area (Å²) in [6, 6.07) is 3.74. The number of nitrogens with one attached hydrogen (secondary N) is 1. The molecule has 90 valence electrons. The first-order chi connectivity index (χ1) is 7.80. The highest BCUT2D eigenvalue weighted by Crippen LogP contribution is 2.08. The Bertz CT molecular complexity index is 300. The average Bonchev–Trinajstić information content (AvgIpc) is 2.30. The molecule has 0 aliphatic rings. The summed E-state index contributed by atoms with van der Waals surface area (Å²) in [4.78, 5) is 6.44. The van der Waals surface area contributed by atoms with Gasteiger partial charge in [0.25, 0.3) is 0 Å². The molecule has 0 amide bonds. The largest absolute Gasteiger partial charge is 0.395 e. The molecule has 0 saturated carbocycles. The van der Waals surface area contributed by atoms with Crippen molar-refractivity contribution in [2.45, 2.75) is 19.9 Å². The number of hydrazine groups is 1. The number of rotatable bonds is 7. The summed E-state index contributed by atoms with van der Waals surface area (Å²) in [6.07, 6.45) is 2.79. The number of nitrogen functional groups attached to an aromatic ring is 1. The summed E-state index contributed by atoms with van der Waals surface area (Å²) < 4.78 is 0. The van der Waals surface area contributed by atoms with Crippen LogP contribution < -0.4 is 11.3 Å². The molecule has 5 heteroatoms. The number of hydrogen-bond acceptors (Lipinski definition) is 5. The number of nitrogens with two attached hydrogens (primary N) is 1. The number of aromatic nitrogens is 1. The van der Waals surface area contributed by atoms with Crippen molar-refractivity contribution in [1.82, 2.24) is 9.88 Å². The molecule has 1 aromatic heterocycles. The minimum atomic E-state index is 0.175. The van der Waals surface area contributed by atoms with Gasteiger partial charge in [0.2, 0.25) is 0 Å². The minimum Gasteiger partial charge on any atom is -0.395 e. The predicted molar refractivity (Wildman–Crippen MR) is 64.7 cm³/mol. The molecule has 1 heterocycles. The third-order valence-electron chi connectivity index (χ3n) is 2.32. The van der Waals surface area contributed by atoms with Gasteiger partial charge in [0.15, 0.2) is 0 Å². The molecule has 5 nitrogen and oxygen atoms in total. The fraction of sp³-hybridized carbons (Fsp3) is 0.545. The Labute approximate surface area is 96.3 Å². The number of aliphatic hydroxyl groups is 1. The maximum atomic E-state index is 8.95. The number of aliphatic hydroxyl groups excluding tert-OH is 1. The number of nitrogens with zero attached hydrogens (tertiary/aromatic N) is 2. The molecule has 0 saturated heterocycles. The Morgan fingerprint density at radius 2 is 2.31 bits per heavy atom. The van der Waals surface area contributed by atoms with E-state index in [-0.39, 0.29) is 6.61 Å². The van der Waals surface area contributed by atoms with Gasteiger partial charge in [-0.3, -0.25) is 15.7 Å². The van der Waals surface area contributed by atoms with E-state index in [1.165, 1.54) is 0 Å². The van der Waals surface area contributed by atoms with Crippen LogP contribution in [-0.2, 0) is 6.54 Å². The summed E-state index contributed by atoms with van der Waals surface area (Å²) in [5.41, 5.74) is 4.40. The van der Waals surface area contributed by atoms with Crippen LogP contribution in [0.4, 0.5) is 5.69 Å². The van der Waals surface area contributed by atoms with E-state index < -0.39 is 0 Å². The molecule has 0 spiro atoms. The van der Waals surface area contributed by atoms with Crippen molar-refractivity contribution in [3.8, 4) is 0 Å². The van der Waals surface area contributed by atoms with E-state index in [0.29, 0.717) is 6.54 Å². The van der Waals surface area contributed by atoms with Gasteiger partial charge in [-0.2, -0.15) is 0 Å². The van der Waals surface area contributed by atoms with E-state index in [1.54, 1.807) is 6.20 Å². The quantitative estimate of drug-likeness (QED) is 0.466. The summed E-state index contributed by atoms with van der Waals surface area (Å²) in [5, 5.41) is 8.95. The Hall–Kier alpha value is -1.17. The molecular formula is C11H20N4O. The van der Waals surface area contributed by atoms with E-state index in [1.807, 2.05) is 12.1 Å². The van der Waals surface area contributed by atoms with Crippen LogP contribution in [-0.4, -0.2) is 34.7 Å². The first-order valence-electron chi connectivity index (χ1n) is 5.55. The third kappa shape index (κ3) is 4.14.